The summed E-state index contributed by atoms with van der Waals surface area (Å²) in [6, 6.07) is 6.56. The zero-order chi connectivity index (χ0) is 12.4. The summed E-state index contributed by atoms with van der Waals surface area (Å²) in [5.74, 6) is -0.0289. The molecular formula is C12H12N2O3. The van der Waals surface area contributed by atoms with Crippen LogP contribution < -0.4 is 10.2 Å². The Hall–Kier alpha value is -2.30. The van der Waals surface area contributed by atoms with E-state index < -0.39 is 5.91 Å². The molecule has 1 N–H and O–H groups in total. The predicted molar refractivity (Wildman–Crippen MR) is 61.1 cm³/mol. The highest BCUT2D eigenvalue weighted by Gasteiger charge is 2.29. The molecule has 2 amide bonds. The zero-order valence-electron chi connectivity index (χ0n) is 9.40. The number of hydrogen-bond donors (Lipinski definition) is 1. The molecule has 1 heterocycles. The summed E-state index contributed by atoms with van der Waals surface area (Å²) in [6.45, 7) is 3.61. The van der Waals surface area contributed by atoms with Gasteiger partial charge in [0.25, 0.3) is 11.8 Å². The molecule has 0 unspecified atom stereocenters. The van der Waals surface area contributed by atoms with Gasteiger partial charge >= 0.3 is 0 Å². The zero-order valence-corrected chi connectivity index (χ0v) is 9.40. The molecule has 1 saturated heterocycles. The van der Waals surface area contributed by atoms with Gasteiger partial charge in [-0.1, -0.05) is 6.58 Å². The smallest absolute Gasteiger partial charge is 0.279 e. The quantitative estimate of drug-likeness (QED) is 0.775. The van der Waals surface area contributed by atoms with Gasteiger partial charge in [0.1, 0.15) is 5.75 Å². The maximum atomic E-state index is 12.0. The molecule has 0 radical (unpaired) electrons. The van der Waals surface area contributed by atoms with Gasteiger partial charge in [0.15, 0.2) is 0 Å². The van der Waals surface area contributed by atoms with Crippen molar-refractivity contribution in [2.24, 2.45) is 0 Å². The molecule has 5 heteroatoms. The van der Waals surface area contributed by atoms with Crippen molar-refractivity contribution in [2.45, 2.75) is 6.42 Å². The third-order valence-corrected chi connectivity index (χ3v) is 2.42. The first kappa shape index (κ1) is 11.2. The fourth-order valence-corrected chi connectivity index (χ4v) is 1.55. The van der Waals surface area contributed by atoms with Crippen LogP contribution in [0.2, 0.25) is 0 Å². The van der Waals surface area contributed by atoms with Crippen LogP contribution in [0.1, 0.15) is 16.8 Å². The van der Waals surface area contributed by atoms with E-state index in [1.165, 1.54) is 0 Å². The summed E-state index contributed by atoms with van der Waals surface area (Å²) in [5, 5.41) is 0.976. The fraction of sp³-hybridized carbons (Fsp3) is 0.167. The number of rotatable bonds is 2. The molecular weight excluding hydrogens is 220 g/mol. The van der Waals surface area contributed by atoms with E-state index in [-0.39, 0.29) is 12.3 Å². The van der Waals surface area contributed by atoms with Crippen LogP contribution in [0.5, 0.6) is 5.75 Å². The summed E-state index contributed by atoms with van der Waals surface area (Å²) >= 11 is 0. The summed E-state index contributed by atoms with van der Waals surface area (Å²) in [5.41, 5.74) is 3.58. The third kappa shape index (κ3) is 2.13. The fourth-order valence-electron chi connectivity index (χ4n) is 1.55. The van der Waals surface area contributed by atoms with Crippen molar-refractivity contribution >= 4 is 11.8 Å². The number of imide groups is 1. The number of carbonyl (C=O) groups is 2. The molecule has 1 aromatic carbocycles. The van der Waals surface area contributed by atoms with Crippen molar-refractivity contribution in [3.63, 3.8) is 0 Å². The normalized spacial score (nSPS) is 14.8. The second-order valence-corrected chi connectivity index (χ2v) is 3.65. The highest BCUT2D eigenvalue weighted by molar-refractivity contribution is 6.06. The van der Waals surface area contributed by atoms with Crippen LogP contribution in [0.25, 0.3) is 0 Å². The Bertz CT molecular complexity index is 479. The molecule has 2 rings (SSSR count). The number of nitrogens with one attached hydrogen (secondary N) is 1. The van der Waals surface area contributed by atoms with Crippen molar-refractivity contribution in [3.05, 3.63) is 42.1 Å². The van der Waals surface area contributed by atoms with Crippen LogP contribution in [0, 0.1) is 0 Å². The Labute approximate surface area is 98.6 Å². The summed E-state index contributed by atoms with van der Waals surface area (Å²) < 4.78 is 4.99. The van der Waals surface area contributed by atoms with Crippen LogP contribution in [0.15, 0.2) is 36.5 Å². The average Bonchev–Trinajstić information content (AvgIpc) is 2.68. The Kier molecular flexibility index (Phi) is 2.82. The first-order valence-electron chi connectivity index (χ1n) is 5.07. The largest absolute Gasteiger partial charge is 0.497 e. The second-order valence-electron chi connectivity index (χ2n) is 3.65. The number of nitrogens with zero attached hydrogens (tertiary/aromatic N) is 1. The van der Waals surface area contributed by atoms with Gasteiger partial charge in [-0.2, -0.15) is 5.01 Å². The highest BCUT2D eigenvalue weighted by Crippen LogP contribution is 2.16. The van der Waals surface area contributed by atoms with Crippen LogP contribution in [-0.4, -0.2) is 23.9 Å². The van der Waals surface area contributed by atoms with E-state index in [2.05, 4.69) is 12.0 Å². The highest BCUT2D eigenvalue weighted by atomic mass is 16.5. The maximum absolute atomic E-state index is 12.0. The molecule has 88 valence electrons. The van der Waals surface area contributed by atoms with Crippen LogP contribution in [-0.2, 0) is 4.79 Å². The molecule has 1 aromatic rings. The van der Waals surface area contributed by atoms with Gasteiger partial charge in [-0.15, -0.1) is 0 Å². The van der Waals surface area contributed by atoms with E-state index in [9.17, 15) is 9.59 Å². The molecule has 0 spiro atoms. The molecule has 0 bridgehead atoms. The second kappa shape index (κ2) is 4.29. The summed E-state index contributed by atoms with van der Waals surface area (Å²) in [7, 11) is 1.55. The van der Waals surface area contributed by atoms with Crippen molar-refractivity contribution in [2.75, 3.05) is 7.11 Å². The van der Waals surface area contributed by atoms with Crippen LogP contribution in [0.4, 0.5) is 0 Å². The SMILES string of the molecule is C=C1CC(=O)N(C(=O)c2ccc(OC)cc2)N1. The molecule has 5 nitrogen and oxygen atoms in total. The maximum Gasteiger partial charge on any atom is 0.279 e. The summed E-state index contributed by atoms with van der Waals surface area (Å²) in [6.07, 6.45) is 0.155. The van der Waals surface area contributed by atoms with Crippen molar-refractivity contribution in [1.29, 1.82) is 0 Å². The average molecular weight is 232 g/mol. The monoisotopic (exact) mass is 232 g/mol. The number of carbonyl (C=O) groups excluding carboxylic acids is 2. The van der Waals surface area contributed by atoms with Gasteiger partial charge in [0.05, 0.1) is 13.5 Å². The van der Waals surface area contributed by atoms with Gasteiger partial charge in [-0.05, 0) is 24.3 Å². The molecule has 1 fully saturated rings. The number of amides is 2. The van der Waals surface area contributed by atoms with E-state index in [0.29, 0.717) is 17.0 Å². The number of ether oxygens (including phenoxy) is 1. The van der Waals surface area contributed by atoms with E-state index >= 15 is 0 Å². The van der Waals surface area contributed by atoms with Crippen molar-refractivity contribution in [1.82, 2.24) is 10.4 Å². The van der Waals surface area contributed by atoms with Gasteiger partial charge in [0.2, 0.25) is 0 Å². The van der Waals surface area contributed by atoms with Gasteiger partial charge in [-0.3, -0.25) is 15.0 Å². The Morgan fingerprint density at radius 2 is 2.06 bits per heavy atom. The summed E-state index contributed by atoms with van der Waals surface area (Å²) in [4.78, 5) is 23.4. The lowest BCUT2D eigenvalue weighted by molar-refractivity contribution is -0.126. The lowest BCUT2D eigenvalue weighted by Gasteiger charge is -2.14. The van der Waals surface area contributed by atoms with Crippen LogP contribution >= 0.6 is 0 Å². The molecule has 0 atom stereocenters. The van der Waals surface area contributed by atoms with Gasteiger partial charge in [0, 0.05) is 11.3 Å². The molecule has 17 heavy (non-hydrogen) atoms. The minimum Gasteiger partial charge on any atom is -0.497 e. The van der Waals surface area contributed by atoms with E-state index in [4.69, 9.17) is 4.74 Å². The molecule has 0 aromatic heterocycles. The minimum absolute atomic E-state index is 0.155. The first-order valence-corrected chi connectivity index (χ1v) is 5.07. The lowest BCUT2D eigenvalue weighted by Crippen LogP contribution is -2.39. The topological polar surface area (TPSA) is 58.6 Å². The Morgan fingerprint density at radius 1 is 1.41 bits per heavy atom. The molecule has 0 aliphatic carbocycles. The Morgan fingerprint density at radius 3 is 2.53 bits per heavy atom. The first-order chi connectivity index (χ1) is 8.11. The number of methoxy groups -OCH3 is 1. The molecule has 1 aliphatic rings. The number of hydrogen-bond acceptors (Lipinski definition) is 4. The van der Waals surface area contributed by atoms with E-state index in [1.54, 1.807) is 31.4 Å². The van der Waals surface area contributed by atoms with Gasteiger partial charge < -0.3 is 4.74 Å². The van der Waals surface area contributed by atoms with Crippen molar-refractivity contribution < 1.29 is 14.3 Å². The van der Waals surface area contributed by atoms with Gasteiger partial charge in [-0.25, -0.2) is 0 Å². The van der Waals surface area contributed by atoms with E-state index in [0.717, 1.165) is 5.01 Å². The molecule has 1 aliphatic heterocycles. The predicted octanol–water partition coefficient (Wildman–Crippen LogP) is 1.09. The van der Waals surface area contributed by atoms with Crippen molar-refractivity contribution in [3.8, 4) is 5.75 Å². The third-order valence-electron chi connectivity index (χ3n) is 2.42. The van der Waals surface area contributed by atoms with Crippen LogP contribution in [0.3, 0.4) is 0 Å². The minimum atomic E-state index is -0.392. The standard InChI is InChI=1S/C12H12N2O3/c1-8-7-11(15)14(13-8)12(16)9-3-5-10(17-2)6-4-9/h3-6,13H,1,7H2,2H3. The molecule has 0 saturated carbocycles. The lowest BCUT2D eigenvalue weighted by atomic mass is 10.2. The number of benzene rings is 1. The Balaban J connectivity index is 2.19. The number of hydrazine groups is 1. The van der Waals surface area contributed by atoms with E-state index in [1.807, 2.05) is 0 Å².